The molecular weight excluding hydrogens is 228 g/mol. The van der Waals surface area contributed by atoms with Gasteiger partial charge in [-0.2, -0.15) is 0 Å². The zero-order valence-corrected chi connectivity index (χ0v) is 10.8. The number of benzene rings is 1. The van der Waals surface area contributed by atoms with Crippen LogP contribution in [-0.2, 0) is 11.2 Å². The van der Waals surface area contributed by atoms with E-state index in [1.807, 2.05) is 44.2 Å². The molecule has 1 aromatic rings. The van der Waals surface area contributed by atoms with Crippen molar-refractivity contribution in [3.63, 3.8) is 0 Å². The molecule has 1 aromatic carbocycles. The topological polar surface area (TPSA) is 77.9 Å². The summed E-state index contributed by atoms with van der Waals surface area (Å²) < 4.78 is 0. The largest absolute Gasteiger partial charge is 0.355 e. The maximum absolute atomic E-state index is 11.7. The van der Waals surface area contributed by atoms with Gasteiger partial charge in [-0.15, -0.1) is 0 Å². The number of nitrogens with zero attached hydrogens (tertiary/aromatic N) is 3. The van der Waals surface area contributed by atoms with Crippen LogP contribution in [0.5, 0.6) is 0 Å². The molecule has 5 heteroatoms. The fourth-order valence-corrected chi connectivity index (χ4v) is 1.46. The summed E-state index contributed by atoms with van der Waals surface area (Å²) in [5.41, 5.74) is 9.04. The van der Waals surface area contributed by atoms with Gasteiger partial charge in [0.1, 0.15) is 0 Å². The van der Waals surface area contributed by atoms with Crippen LogP contribution in [0.15, 0.2) is 35.4 Å². The number of carbonyl (C=O) groups excluding carboxylic acids is 1. The Morgan fingerprint density at radius 2 is 2.06 bits per heavy atom. The number of azide groups is 1. The molecule has 0 saturated heterocycles. The van der Waals surface area contributed by atoms with Gasteiger partial charge in [-0.25, -0.2) is 0 Å². The third-order valence-electron chi connectivity index (χ3n) is 2.53. The standard InChI is InChI=1S/C13H18N4O/c1-13(2,10-16-17-14)9-15-12(18)8-11-6-4-3-5-7-11/h3-7H,8-10H2,1-2H3,(H,15,18). The van der Waals surface area contributed by atoms with E-state index in [9.17, 15) is 4.79 Å². The van der Waals surface area contributed by atoms with Crippen LogP contribution in [0.25, 0.3) is 10.4 Å². The summed E-state index contributed by atoms with van der Waals surface area (Å²) in [6.45, 7) is 4.77. The van der Waals surface area contributed by atoms with Crippen LogP contribution >= 0.6 is 0 Å². The first-order valence-electron chi connectivity index (χ1n) is 5.85. The zero-order chi connectivity index (χ0) is 13.4. The third kappa shape index (κ3) is 5.37. The lowest BCUT2D eigenvalue weighted by Crippen LogP contribution is -2.36. The molecule has 0 aromatic heterocycles. The molecule has 0 aliphatic rings. The summed E-state index contributed by atoms with van der Waals surface area (Å²) in [4.78, 5) is 14.4. The summed E-state index contributed by atoms with van der Waals surface area (Å²) in [7, 11) is 0. The SMILES string of the molecule is CC(C)(CN=[N+]=[N-])CNC(=O)Cc1ccccc1. The monoisotopic (exact) mass is 246 g/mol. The van der Waals surface area contributed by atoms with Crippen LogP contribution in [0.1, 0.15) is 19.4 Å². The summed E-state index contributed by atoms with van der Waals surface area (Å²) in [5, 5.41) is 6.39. The molecule has 1 rings (SSSR count). The first kappa shape index (κ1) is 14.1. The lowest BCUT2D eigenvalue weighted by Gasteiger charge is -2.22. The van der Waals surface area contributed by atoms with E-state index in [1.54, 1.807) is 0 Å². The average molecular weight is 246 g/mol. The fourth-order valence-electron chi connectivity index (χ4n) is 1.46. The van der Waals surface area contributed by atoms with E-state index in [0.717, 1.165) is 5.56 Å². The summed E-state index contributed by atoms with van der Waals surface area (Å²) in [6.07, 6.45) is 0.373. The van der Waals surface area contributed by atoms with E-state index in [2.05, 4.69) is 15.3 Å². The van der Waals surface area contributed by atoms with Gasteiger partial charge in [-0.1, -0.05) is 49.3 Å². The van der Waals surface area contributed by atoms with Gasteiger partial charge >= 0.3 is 0 Å². The highest BCUT2D eigenvalue weighted by Gasteiger charge is 2.17. The minimum atomic E-state index is -0.224. The molecule has 1 amide bonds. The lowest BCUT2D eigenvalue weighted by atomic mass is 9.94. The first-order valence-corrected chi connectivity index (χ1v) is 5.85. The highest BCUT2D eigenvalue weighted by atomic mass is 16.1. The minimum Gasteiger partial charge on any atom is -0.355 e. The van der Waals surface area contributed by atoms with Crippen molar-refractivity contribution in [2.75, 3.05) is 13.1 Å². The van der Waals surface area contributed by atoms with E-state index in [-0.39, 0.29) is 11.3 Å². The molecule has 0 saturated carbocycles. The number of hydrogen-bond donors (Lipinski definition) is 1. The molecule has 0 bridgehead atoms. The van der Waals surface area contributed by atoms with Crippen LogP contribution in [0, 0.1) is 5.41 Å². The van der Waals surface area contributed by atoms with Gasteiger partial charge < -0.3 is 5.32 Å². The summed E-state index contributed by atoms with van der Waals surface area (Å²) in [5.74, 6) is -0.0183. The molecule has 0 atom stereocenters. The zero-order valence-electron chi connectivity index (χ0n) is 10.8. The van der Waals surface area contributed by atoms with Gasteiger partial charge in [-0.05, 0) is 16.5 Å². The van der Waals surface area contributed by atoms with Gasteiger partial charge in [0.05, 0.1) is 6.42 Å². The van der Waals surface area contributed by atoms with Crippen molar-refractivity contribution in [1.82, 2.24) is 5.32 Å². The van der Waals surface area contributed by atoms with Crippen molar-refractivity contribution in [2.24, 2.45) is 10.5 Å². The Kier molecular flexibility index (Phi) is 5.21. The Bertz CT molecular complexity index is 436. The Morgan fingerprint density at radius 3 is 2.67 bits per heavy atom. The number of hydrogen-bond acceptors (Lipinski definition) is 2. The minimum absolute atomic E-state index is 0.0183. The van der Waals surface area contributed by atoms with E-state index < -0.39 is 0 Å². The van der Waals surface area contributed by atoms with Crippen LogP contribution in [0.4, 0.5) is 0 Å². The molecule has 5 nitrogen and oxygen atoms in total. The molecule has 0 heterocycles. The van der Waals surface area contributed by atoms with Crippen LogP contribution in [0.3, 0.4) is 0 Å². The molecule has 0 radical (unpaired) electrons. The Balaban J connectivity index is 2.39. The predicted molar refractivity (Wildman–Crippen MR) is 70.9 cm³/mol. The molecule has 0 aliphatic heterocycles. The van der Waals surface area contributed by atoms with Crippen molar-refractivity contribution in [3.8, 4) is 0 Å². The smallest absolute Gasteiger partial charge is 0.224 e. The van der Waals surface area contributed by atoms with Crippen LogP contribution in [-0.4, -0.2) is 19.0 Å². The Morgan fingerprint density at radius 1 is 1.39 bits per heavy atom. The van der Waals surface area contributed by atoms with Gasteiger partial charge in [0.2, 0.25) is 5.91 Å². The van der Waals surface area contributed by atoms with E-state index in [1.165, 1.54) is 0 Å². The second-order valence-corrected chi connectivity index (χ2v) is 4.99. The predicted octanol–water partition coefficient (Wildman–Crippen LogP) is 2.68. The van der Waals surface area contributed by atoms with E-state index >= 15 is 0 Å². The highest BCUT2D eigenvalue weighted by molar-refractivity contribution is 5.78. The first-order chi connectivity index (χ1) is 8.53. The lowest BCUT2D eigenvalue weighted by molar-refractivity contribution is -0.120. The van der Waals surface area contributed by atoms with Gasteiger partial charge in [-0.3, -0.25) is 4.79 Å². The number of nitrogens with one attached hydrogen (secondary N) is 1. The number of carbonyl (C=O) groups is 1. The maximum atomic E-state index is 11.7. The molecule has 0 aliphatic carbocycles. The quantitative estimate of drug-likeness (QED) is 0.467. The Hall–Kier alpha value is -2.00. The third-order valence-corrected chi connectivity index (χ3v) is 2.53. The van der Waals surface area contributed by atoms with E-state index in [4.69, 9.17) is 5.53 Å². The maximum Gasteiger partial charge on any atom is 0.224 e. The van der Waals surface area contributed by atoms with Crippen LogP contribution < -0.4 is 5.32 Å². The van der Waals surface area contributed by atoms with Crippen molar-refractivity contribution in [1.29, 1.82) is 0 Å². The highest BCUT2D eigenvalue weighted by Crippen LogP contribution is 2.13. The van der Waals surface area contributed by atoms with Gasteiger partial charge in [0.15, 0.2) is 0 Å². The molecule has 96 valence electrons. The van der Waals surface area contributed by atoms with Crippen molar-refractivity contribution in [2.45, 2.75) is 20.3 Å². The molecule has 0 unspecified atom stereocenters. The second kappa shape index (κ2) is 6.67. The fraction of sp³-hybridized carbons (Fsp3) is 0.462. The number of amides is 1. The van der Waals surface area contributed by atoms with Crippen molar-refractivity contribution >= 4 is 5.91 Å². The summed E-state index contributed by atoms with van der Waals surface area (Å²) >= 11 is 0. The normalized spacial score (nSPS) is 10.6. The second-order valence-electron chi connectivity index (χ2n) is 4.99. The number of rotatable bonds is 6. The average Bonchev–Trinajstić information content (AvgIpc) is 2.36. The summed E-state index contributed by atoms with van der Waals surface area (Å²) in [6, 6.07) is 9.59. The molecule has 0 fully saturated rings. The molecule has 0 spiro atoms. The van der Waals surface area contributed by atoms with Crippen molar-refractivity contribution < 1.29 is 4.79 Å². The Labute approximate surface area is 107 Å². The van der Waals surface area contributed by atoms with Gasteiger partial charge in [0, 0.05) is 18.0 Å². The van der Waals surface area contributed by atoms with Gasteiger partial charge in [0.25, 0.3) is 0 Å². The van der Waals surface area contributed by atoms with E-state index in [0.29, 0.717) is 19.5 Å². The van der Waals surface area contributed by atoms with Crippen LogP contribution in [0.2, 0.25) is 0 Å². The molecule has 18 heavy (non-hydrogen) atoms. The molecule has 1 N–H and O–H groups in total. The van der Waals surface area contributed by atoms with Crippen molar-refractivity contribution in [3.05, 3.63) is 46.3 Å². The molecular formula is C13H18N4O.